The van der Waals surface area contributed by atoms with Gasteiger partial charge in [0.2, 0.25) is 11.8 Å². The van der Waals surface area contributed by atoms with Crippen LogP contribution in [0.1, 0.15) is 12.7 Å². The van der Waals surface area contributed by atoms with Crippen LogP contribution in [0.3, 0.4) is 0 Å². The third-order valence-corrected chi connectivity index (χ3v) is 4.22. The molecule has 1 aromatic rings. The number of fused-ring (bicyclic) bond motifs is 1. The monoisotopic (exact) mass is 329 g/mol. The Kier molecular flexibility index (Phi) is 3.90. The van der Waals surface area contributed by atoms with E-state index in [-0.39, 0.29) is 30.8 Å². The lowest BCUT2D eigenvalue weighted by Gasteiger charge is -2.40. The number of amides is 2. The van der Waals surface area contributed by atoms with Gasteiger partial charge in [-0.05, 0) is 0 Å². The van der Waals surface area contributed by atoms with Crippen LogP contribution in [-0.2, 0) is 29.2 Å². The quantitative estimate of drug-likeness (QED) is 0.722. The van der Waals surface area contributed by atoms with E-state index in [1.807, 2.05) is 0 Å². The zero-order valence-corrected chi connectivity index (χ0v) is 12.6. The van der Waals surface area contributed by atoms with E-state index in [2.05, 4.69) is 5.10 Å². The second-order valence-corrected chi connectivity index (χ2v) is 5.80. The van der Waals surface area contributed by atoms with Gasteiger partial charge >= 0.3 is 5.69 Å². The molecule has 0 spiro atoms. The van der Waals surface area contributed by atoms with Crippen molar-refractivity contribution in [1.82, 2.24) is 24.1 Å². The fraction of sp³-hybridized carbons (Fsp3) is 0.692. The molecule has 8 nitrogen and oxygen atoms in total. The Balaban J connectivity index is 1.67. The summed E-state index contributed by atoms with van der Waals surface area (Å²) in [5, 5.41) is 3.90. The predicted octanol–water partition coefficient (Wildman–Crippen LogP) is -0.870. The first kappa shape index (κ1) is 15.6. The molecule has 126 valence electrons. The maximum absolute atomic E-state index is 12.4. The number of aromatic nitrogens is 3. The van der Waals surface area contributed by atoms with Gasteiger partial charge in [0.05, 0.1) is 12.5 Å². The minimum Gasteiger partial charge on any atom is -0.341 e. The first-order valence-corrected chi connectivity index (χ1v) is 7.35. The van der Waals surface area contributed by atoms with Gasteiger partial charge in [-0.15, -0.1) is 0 Å². The minimum atomic E-state index is -2.66. The topological polar surface area (TPSA) is 80.4 Å². The van der Waals surface area contributed by atoms with Crippen molar-refractivity contribution in [3.63, 3.8) is 0 Å². The normalized spacial score (nSPS) is 18.1. The number of carbonyl (C=O) groups excluding carboxylic acids is 2. The van der Waals surface area contributed by atoms with Crippen LogP contribution in [0.2, 0.25) is 0 Å². The molecule has 2 amide bonds. The summed E-state index contributed by atoms with van der Waals surface area (Å²) in [6, 6.07) is 0. The Morgan fingerprint density at radius 2 is 1.96 bits per heavy atom. The molecule has 0 N–H and O–H groups in total. The Bertz CT molecular complexity index is 692. The van der Waals surface area contributed by atoms with Crippen LogP contribution in [0.25, 0.3) is 0 Å². The van der Waals surface area contributed by atoms with Crippen LogP contribution in [0, 0.1) is 5.92 Å². The SMILES string of the molecule is CC(=O)N1CC(C(=O)N2CCn3c(nn(CC(F)F)c3=O)C2)C1. The summed E-state index contributed by atoms with van der Waals surface area (Å²) < 4.78 is 26.9. The van der Waals surface area contributed by atoms with Crippen LogP contribution in [0.15, 0.2) is 4.79 Å². The molecule has 0 saturated carbocycles. The Labute approximate surface area is 130 Å². The molecule has 0 aliphatic carbocycles. The highest BCUT2D eigenvalue weighted by atomic mass is 19.3. The maximum Gasteiger partial charge on any atom is 0.346 e. The first-order valence-electron chi connectivity index (χ1n) is 7.35. The van der Waals surface area contributed by atoms with E-state index in [1.54, 1.807) is 9.80 Å². The number of rotatable bonds is 3. The molecule has 0 radical (unpaired) electrons. The first-order chi connectivity index (χ1) is 10.9. The van der Waals surface area contributed by atoms with Crippen molar-refractivity contribution >= 4 is 11.8 Å². The van der Waals surface area contributed by atoms with Gasteiger partial charge in [0.1, 0.15) is 6.54 Å². The van der Waals surface area contributed by atoms with Crippen molar-refractivity contribution in [1.29, 1.82) is 0 Å². The van der Waals surface area contributed by atoms with Gasteiger partial charge in [-0.3, -0.25) is 14.2 Å². The molecule has 10 heteroatoms. The third kappa shape index (κ3) is 2.84. The summed E-state index contributed by atoms with van der Waals surface area (Å²) >= 11 is 0. The number of nitrogens with zero attached hydrogens (tertiary/aromatic N) is 5. The van der Waals surface area contributed by atoms with Gasteiger partial charge in [0.15, 0.2) is 5.82 Å². The third-order valence-electron chi connectivity index (χ3n) is 4.22. The van der Waals surface area contributed by atoms with Gasteiger partial charge in [0, 0.05) is 33.1 Å². The summed E-state index contributed by atoms with van der Waals surface area (Å²) in [7, 11) is 0. The molecule has 3 heterocycles. The van der Waals surface area contributed by atoms with Gasteiger partial charge in [0.25, 0.3) is 6.43 Å². The van der Waals surface area contributed by atoms with E-state index in [4.69, 9.17) is 0 Å². The molecule has 1 fully saturated rings. The number of halogens is 2. The molecule has 1 aromatic heterocycles. The zero-order chi connectivity index (χ0) is 16.7. The lowest BCUT2D eigenvalue weighted by atomic mass is 9.98. The molecule has 2 aliphatic heterocycles. The van der Waals surface area contributed by atoms with Crippen LogP contribution < -0.4 is 5.69 Å². The Morgan fingerprint density at radius 3 is 2.57 bits per heavy atom. The molecular formula is C13H17F2N5O3. The van der Waals surface area contributed by atoms with Crippen LogP contribution >= 0.6 is 0 Å². The van der Waals surface area contributed by atoms with Crippen LogP contribution in [0.4, 0.5) is 8.78 Å². The lowest BCUT2D eigenvalue weighted by Crippen LogP contribution is -2.56. The molecule has 23 heavy (non-hydrogen) atoms. The van der Waals surface area contributed by atoms with Crippen molar-refractivity contribution < 1.29 is 18.4 Å². The average molecular weight is 329 g/mol. The van der Waals surface area contributed by atoms with Crippen molar-refractivity contribution in [2.24, 2.45) is 5.92 Å². The van der Waals surface area contributed by atoms with E-state index >= 15 is 0 Å². The summed E-state index contributed by atoms with van der Waals surface area (Å²) in [6.45, 7) is 2.21. The van der Waals surface area contributed by atoms with Gasteiger partial charge < -0.3 is 9.80 Å². The summed E-state index contributed by atoms with van der Waals surface area (Å²) in [5.41, 5.74) is -0.571. The number of alkyl halides is 2. The van der Waals surface area contributed by atoms with Crippen LogP contribution in [0.5, 0.6) is 0 Å². The molecule has 1 saturated heterocycles. The standard InChI is InChI=1S/C13H17F2N5O3/c1-8(21)18-4-9(5-18)12(22)17-2-3-19-11(7-17)16-20(13(19)23)6-10(14)15/h9-10H,2-7H2,1H3. The van der Waals surface area contributed by atoms with E-state index in [1.165, 1.54) is 11.5 Å². The number of hydrogen-bond acceptors (Lipinski definition) is 4. The molecule has 0 aromatic carbocycles. The van der Waals surface area contributed by atoms with Gasteiger partial charge in [-0.25, -0.2) is 18.3 Å². The second-order valence-electron chi connectivity index (χ2n) is 5.80. The van der Waals surface area contributed by atoms with Gasteiger partial charge in [-0.2, -0.15) is 5.10 Å². The number of carbonyl (C=O) groups is 2. The summed E-state index contributed by atoms with van der Waals surface area (Å²) in [6.07, 6.45) is -2.66. The van der Waals surface area contributed by atoms with Crippen molar-refractivity contribution in [2.45, 2.75) is 33.0 Å². The van der Waals surface area contributed by atoms with E-state index in [9.17, 15) is 23.2 Å². The molecule has 2 aliphatic rings. The lowest BCUT2D eigenvalue weighted by molar-refractivity contribution is -0.148. The van der Waals surface area contributed by atoms with E-state index in [0.29, 0.717) is 25.5 Å². The van der Waals surface area contributed by atoms with E-state index in [0.717, 1.165) is 4.68 Å². The molecule has 0 atom stereocenters. The second kappa shape index (κ2) is 5.74. The predicted molar refractivity (Wildman–Crippen MR) is 73.7 cm³/mol. The summed E-state index contributed by atoms with van der Waals surface area (Å²) in [4.78, 5) is 38.6. The fourth-order valence-corrected chi connectivity index (χ4v) is 2.89. The molecule has 3 rings (SSSR count). The molecule has 0 unspecified atom stereocenters. The average Bonchev–Trinajstić information content (AvgIpc) is 2.72. The minimum absolute atomic E-state index is 0.0627. The highest BCUT2D eigenvalue weighted by Gasteiger charge is 2.38. The van der Waals surface area contributed by atoms with Gasteiger partial charge in [-0.1, -0.05) is 0 Å². The van der Waals surface area contributed by atoms with Crippen molar-refractivity contribution in [2.75, 3.05) is 19.6 Å². The number of likely N-dealkylation sites (tertiary alicyclic amines) is 1. The van der Waals surface area contributed by atoms with Crippen molar-refractivity contribution in [3.8, 4) is 0 Å². The van der Waals surface area contributed by atoms with Crippen molar-refractivity contribution in [3.05, 3.63) is 16.3 Å². The summed E-state index contributed by atoms with van der Waals surface area (Å²) in [5.74, 6) is -0.0739. The molecular weight excluding hydrogens is 312 g/mol. The number of hydrogen-bond donors (Lipinski definition) is 0. The zero-order valence-electron chi connectivity index (χ0n) is 12.6. The van der Waals surface area contributed by atoms with Crippen LogP contribution in [-0.4, -0.2) is 62.0 Å². The Hall–Kier alpha value is -2.26. The fourth-order valence-electron chi connectivity index (χ4n) is 2.89. The smallest absolute Gasteiger partial charge is 0.341 e. The molecule has 0 bridgehead atoms. The highest BCUT2D eigenvalue weighted by molar-refractivity contribution is 5.83. The largest absolute Gasteiger partial charge is 0.346 e. The Morgan fingerprint density at radius 1 is 1.26 bits per heavy atom. The highest BCUT2D eigenvalue weighted by Crippen LogP contribution is 2.20. The maximum atomic E-state index is 12.4. The van der Waals surface area contributed by atoms with E-state index < -0.39 is 18.7 Å².